The van der Waals surface area contributed by atoms with Gasteiger partial charge in [0.2, 0.25) is 5.43 Å². The maximum atomic E-state index is 12.5. The van der Waals surface area contributed by atoms with Crippen molar-refractivity contribution in [1.29, 1.82) is 0 Å². The second-order valence-corrected chi connectivity index (χ2v) is 5.68. The van der Waals surface area contributed by atoms with Gasteiger partial charge in [0.15, 0.2) is 0 Å². The number of pyridine rings is 2. The fraction of sp³-hybridized carbons (Fsp3) is 0.167. The van der Waals surface area contributed by atoms with Crippen LogP contribution in [0.5, 0.6) is 0 Å². The molecule has 122 valence electrons. The van der Waals surface area contributed by atoms with Gasteiger partial charge in [0.05, 0.1) is 6.04 Å². The molecule has 2 amide bonds. The van der Waals surface area contributed by atoms with Gasteiger partial charge in [0, 0.05) is 29.5 Å². The Morgan fingerprint density at radius 3 is 2.71 bits per heavy atom. The summed E-state index contributed by atoms with van der Waals surface area (Å²) >= 11 is 0. The highest BCUT2D eigenvalue weighted by molar-refractivity contribution is 5.92. The molecule has 0 aliphatic carbocycles. The molecular formula is C18H18N4O2. The van der Waals surface area contributed by atoms with Gasteiger partial charge in [0.25, 0.3) is 0 Å². The average molecular weight is 322 g/mol. The van der Waals surface area contributed by atoms with E-state index < -0.39 is 6.03 Å². The number of hydrogen-bond acceptors (Lipinski definition) is 3. The highest BCUT2D eigenvalue weighted by atomic mass is 16.2. The zero-order valence-corrected chi connectivity index (χ0v) is 13.5. The zero-order valence-electron chi connectivity index (χ0n) is 13.5. The van der Waals surface area contributed by atoms with Crippen LogP contribution in [0.4, 0.5) is 10.5 Å². The summed E-state index contributed by atoms with van der Waals surface area (Å²) in [5, 5.41) is 5.96. The molecule has 24 heavy (non-hydrogen) atoms. The first kappa shape index (κ1) is 15.7. The molecule has 2 aromatic heterocycles. The number of urea groups is 1. The minimum Gasteiger partial charge on any atom is -0.359 e. The lowest BCUT2D eigenvalue weighted by Crippen LogP contribution is -2.32. The van der Waals surface area contributed by atoms with Crippen LogP contribution >= 0.6 is 0 Å². The highest BCUT2D eigenvalue weighted by Crippen LogP contribution is 2.13. The minimum atomic E-state index is -0.434. The second kappa shape index (κ2) is 6.54. The molecule has 3 aromatic rings. The fourth-order valence-corrected chi connectivity index (χ4v) is 2.52. The van der Waals surface area contributed by atoms with E-state index in [9.17, 15) is 9.59 Å². The van der Waals surface area contributed by atoms with Gasteiger partial charge in [-0.3, -0.25) is 9.78 Å². The molecular weight excluding hydrogens is 304 g/mol. The maximum Gasteiger partial charge on any atom is 0.319 e. The summed E-state index contributed by atoms with van der Waals surface area (Å²) in [5.41, 5.74) is 2.66. The van der Waals surface area contributed by atoms with Crippen molar-refractivity contribution in [3.63, 3.8) is 0 Å². The van der Waals surface area contributed by atoms with Crippen LogP contribution in [0.1, 0.15) is 24.1 Å². The molecule has 0 aliphatic heterocycles. The number of anilines is 1. The van der Waals surface area contributed by atoms with Crippen molar-refractivity contribution in [2.75, 3.05) is 5.32 Å². The number of aryl methyl sites for hydroxylation is 1. The first-order chi connectivity index (χ1) is 11.5. The van der Waals surface area contributed by atoms with Crippen LogP contribution in [0, 0.1) is 6.92 Å². The molecule has 0 unspecified atom stereocenters. The Bertz CT molecular complexity index is 935. The van der Waals surface area contributed by atoms with Gasteiger partial charge in [-0.2, -0.15) is 0 Å². The van der Waals surface area contributed by atoms with Crippen LogP contribution in [0.2, 0.25) is 0 Å². The first-order valence-corrected chi connectivity index (χ1v) is 7.64. The molecule has 0 saturated carbocycles. The Morgan fingerprint density at radius 1 is 1.21 bits per heavy atom. The summed E-state index contributed by atoms with van der Waals surface area (Å²) in [6.45, 7) is 3.78. The lowest BCUT2D eigenvalue weighted by Gasteiger charge is -2.14. The van der Waals surface area contributed by atoms with Crippen LogP contribution in [0.25, 0.3) is 10.9 Å². The fourth-order valence-electron chi connectivity index (χ4n) is 2.52. The van der Waals surface area contributed by atoms with E-state index in [0.29, 0.717) is 5.39 Å². The highest BCUT2D eigenvalue weighted by Gasteiger charge is 2.12. The van der Waals surface area contributed by atoms with Crippen molar-refractivity contribution >= 4 is 22.6 Å². The maximum absolute atomic E-state index is 12.5. The molecule has 0 aliphatic rings. The molecule has 0 saturated heterocycles. The Labute approximate surface area is 138 Å². The lowest BCUT2D eigenvalue weighted by atomic mass is 10.1. The van der Waals surface area contributed by atoms with Gasteiger partial charge >= 0.3 is 6.03 Å². The quantitative estimate of drug-likeness (QED) is 0.692. The number of benzene rings is 1. The first-order valence-electron chi connectivity index (χ1n) is 7.64. The van der Waals surface area contributed by atoms with Gasteiger partial charge in [-0.25, -0.2) is 4.79 Å². The van der Waals surface area contributed by atoms with E-state index in [2.05, 4.69) is 20.6 Å². The van der Waals surface area contributed by atoms with Crippen molar-refractivity contribution < 1.29 is 4.79 Å². The zero-order chi connectivity index (χ0) is 17.1. The van der Waals surface area contributed by atoms with Crippen LogP contribution in [0.3, 0.4) is 0 Å². The third kappa shape index (κ3) is 3.27. The van der Waals surface area contributed by atoms with Crippen LogP contribution in [0.15, 0.2) is 53.7 Å². The van der Waals surface area contributed by atoms with Gasteiger partial charge in [-0.1, -0.05) is 11.6 Å². The average Bonchev–Trinajstić information content (AvgIpc) is 2.58. The molecule has 3 N–H and O–H groups in total. The summed E-state index contributed by atoms with van der Waals surface area (Å²) in [6.07, 6.45) is 4.85. The molecule has 6 heteroatoms. The van der Waals surface area contributed by atoms with Crippen LogP contribution in [-0.4, -0.2) is 16.0 Å². The number of hydrogen-bond donors (Lipinski definition) is 3. The van der Waals surface area contributed by atoms with Gasteiger partial charge in [0.1, 0.15) is 5.69 Å². The molecule has 3 rings (SSSR count). The number of amides is 2. The van der Waals surface area contributed by atoms with E-state index in [-0.39, 0.29) is 17.2 Å². The summed E-state index contributed by atoms with van der Waals surface area (Å²) < 4.78 is 0. The van der Waals surface area contributed by atoms with Crippen molar-refractivity contribution in [2.24, 2.45) is 0 Å². The van der Waals surface area contributed by atoms with Gasteiger partial charge in [-0.05, 0) is 43.7 Å². The lowest BCUT2D eigenvalue weighted by molar-refractivity contribution is 0.249. The van der Waals surface area contributed by atoms with E-state index in [1.54, 1.807) is 18.5 Å². The molecule has 0 bridgehead atoms. The van der Waals surface area contributed by atoms with Crippen molar-refractivity contribution in [3.05, 3.63) is 70.3 Å². The van der Waals surface area contributed by atoms with E-state index in [0.717, 1.165) is 16.6 Å². The number of aromatic amines is 1. The Kier molecular flexibility index (Phi) is 4.29. The van der Waals surface area contributed by atoms with E-state index >= 15 is 0 Å². The number of carbonyl (C=O) groups is 1. The van der Waals surface area contributed by atoms with E-state index in [4.69, 9.17) is 0 Å². The number of carbonyl (C=O) groups excluding carboxylic acids is 1. The van der Waals surface area contributed by atoms with Crippen LogP contribution in [-0.2, 0) is 0 Å². The van der Waals surface area contributed by atoms with E-state index in [1.807, 2.05) is 38.1 Å². The SMILES string of the molecule is Cc1ccc2[nH]cc(NC(=O)N[C@@H](C)c3ccncc3)c(=O)c2c1. The van der Waals surface area contributed by atoms with E-state index in [1.165, 1.54) is 6.20 Å². The summed E-state index contributed by atoms with van der Waals surface area (Å²) in [4.78, 5) is 31.6. The predicted octanol–water partition coefficient (Wildman–Crippen LogP) is 3.11. The Balaban J connectivity index is 1.78. The minimum absolute atomic E-state index is 0.199. The van der Waals surface area contributed by atoms with Crippen molar-refractivity contribution in [1.82, 2.24) is 15.3 Å². The molecule has 0 radical (unpaired) electrons. The second-order valence-electron chi connectivity index (χ2n) is 5.68. The van der Waals surface area contributed by atoms with Crippen molar-refractivity contribution in [3.8, 4) is 0 Å². The Hall–Kier alpha value is -3.15. The largest absolute Gasteiger partial charge is 0.359 e. The molecule has 2 heterocycles. The Morgan fingerprint density at radius 2 is 1.96 bits per heavy atom. The van der Waals surface area contributed by atoms with Crippen molar-refractivity contribution in [2.45, 2.75) is 19.9 Å². The smallest absolute Gasteiger partial charge is 0.319 e. The molecule has 0 fully saturated rings. The third-order valence-electron chi connectivity index (χ3n) is 3.84. The molecule has 6 nitrogen and oxygen atoms in total. The summed E-state index contributed by atoms with van der Waals surface area (Å²) in [6, 6.07) is 8.60. The number of aromatic nitrogens is 2. The number of H-pyrrole nitrogens is 1. The summed E-state index contributed by atoms with van der Waals surface area (Å²) in [5.74, 6) is 0. The number of nitrogens with one attached hydrogen (secondary N) is 3. The number of fused-ring (bicyclic) bond motifs is 1. The predicted molar refractivity (Wildman–Crippen MR) is 94.1 cm³/mol. The van der Waals surface area contributed by atoms with Gasteiger partial charge in [-0.15, -0.1) is 0 Å². The standard InChI is InChI=1S/C18H18N4O2/c1-11-3-4-15-14(9-11)17(23)16(10-20-15)22-18(24)21-12(2)13-5-7-19-8-6-13/h3-10,12H,1-2H3,(H,20,23)(H2,21,22,24)/t12-/m0/s1. The monoisotopic (exact) mass is 322 g/mol. The molecule has 1 atom stereocenters. The number of rotatable bonds is 3. The third-order valence-corrected chi connectivity index (χ3v) is 3.84. The van der Waals surface area contributed by atoms with Crippen LogP contribution < -0.4 is 16.1 Å². The topological polar surface area (TPSA) is 86.9 Å². The molecule has 0 spiro atoms. The normalized spacial score (nSPS) is 11.9. The number of nitrogens with zero attached hydrogens (tertiary/aromatic N) is 1. The molecule has 1 aromatic carbocycles. The van der Waals surface area contributed by atoms with Gasteiger partial charge < -0.3 is 15.6 Å². The summed E-state index contributed by atoms with van der Waals surface area (Å²) in [7, 11) is 0.